The van der Waals surface area contributed by atoms with Crippen molar-refractivity contribution >= 4 is 17.1 Å². The van der Waals surface area contributed by atoms with Crippen LogP contribution in [-0.2, 0) is 16.7 Å². The van der Waals surface area contributed by atoms with E-state index in [1.54, 1.807) is 7.11 Å². The van der Waals surface area contributed by atoms with Crippen LogP contribution in [0, 0.1) is 12.3 Å². The number of ketones is 1. The summed E-state index contributed by atoms with van der Waals surface area (Å²) in [6.07, 6.45) is 1.79. The lowest BCUT2D eigenvalue weighted by atomic mass is 9.84. The molecule has 0 radical (unpaired) electrons. The number of Topliss-reactive ketones (excluding diaryl/α,β-unsaturated/α-hetero) is 1. The van der Waals surface area contributed by atoms with Crippen LogP contribution in [0.5, 0.6) is 11.6 Å². The average Bonchev–Trinajstić information content (AvgIpc) is 3.21. The number of methoxy groups -OCH3 is 1. The molecule has 1 aliphatic heterocycles. The summed E-state index contributed by atoms with van der Waals surface area (Å²) in [6, 6.07) is 5.64. The number of hydrogen-bond donors (Lipinski definition) is 1. The molecule has 0 aliphatic carbocycles. The van der Waals surface area contributed by atoms with E-state index in [1.807, 2.05) is 25.1 Å². The van der Waals surface area contributed by atoms with E-state index >= 15 is 0 Å². The molecule has 0 unspecified atom stereocenters. The van der Waals surface area contributed by atoms with Gasteiger partial charge in [-0.3, -0.25) is 10.2 Å². The van der Waals surface area contributed by atoms with Crippen LogP contribution in [-0.4, -0.2) is 64.7 Å². The topological polar surface area (TPSA) is 107 Å². The van der Waals surface area contributed by atoms with Crippen LogP contribution in [0.1, 0.15) is 68.9 Å². The lowest BCUT2D eigenvalue weighted by Crippen LogP contribution is -2.37. The molecule has 10 nitrogen and oxygen atoms in total. The number of rotatable bonds is 9. The van der Waals surface area contributed by atoms with Crippen LogP contribution >= 0.6 is 0 Å². The van der Waals surface area contributed by atoms with Gasteiger partial charge in [-0.05, 0) is 37.3 Å². The maximum absolute atomic E-state index is 13.6. The molecule has 1 N–H and O–H groups in total. The average molecular weight is 525 g/mol. The third kappa shape index (κ3) is 5.55. The number of aryl methyl sites for hydroxylation is 1. The van der Waals surface area contributed by atoms with Crippen molar-refractivity contribution in [3.8, 4) is 11.6 Å². The van der Waals surface area contributed by atoms with Gasteiger partial charge >= 0.3 is 0 Å². The van der Waals surface area contributed by atoms with Gasteiger partial charge in [0.25, 0.3) is 0 Å². The van der Waals surface area contributed by atoms with Crippen LogP contribution in [0.25, 0.3) is 5.65 Å². The van der Waals surface area contributed by atoms with E-state index in [-0.39, 0.29) is 29.5 Å². The van der Waals surface area contributed by atoms with Gasteiger partial charge in [-0.15, -0.1) is 10.2 Å². The molecule has 1 saturated heterocycles. The Balaban J connectivity index is 1.71. The van der Waals surface area contributed by atoms with E-state index in [1.165, 1.54) is 9.20 Å². The molecule has 0 bridgehead atoms. The normalized spacial score (nSPS) is 14.4. The first-order valence-electron chi connectivity index (χ1n) is 13.3. The molecule has 206 valence electrons. The summed E-state index contributed by atoms with van der Waals surface area (Å²) >= 11 is 0. The molecule has 0 amide bonds. The van der Waals surface area contributed by atoms with Crippen LogP contribution in [0.3, 0.4) is 0 Å². The van der Waals surface area contributed by atoms with Gasteiger partial charge in [-0.1, -0.05) is 34.6 Å². The van der Waals surface area contributed by atoms with E-state index in [0.29, 0.717) is 30.3 Å². The predicted octanol–water partition coefficient (Wildman–Crippen LogP) is 3.91. The summed E-state index contributed by atoms with van der Waals surface area (Å²) in [5.74, 6) is 1.09. The molecule has 10 heteroatoms. The van der Waals surface area contributed by atoms with E-state index in [0.717, 1.165) is 48.5 Å². The lowest BCUT2D eigenvalue weighted by molar-refractivity contribution is 0.0965. The SMILES string of the molecule is CCC(CC)Oc1cc(C)c2nn(CC(=O)c3cc(N4CCOCC4)c(OC)c(C(C)(C)C)c3)c(=N)n2n1. The van der Waals surface area contributed by atoms with Gasteiger partial charge in [-0.25, -0.2) is 4.68 Å². The van der Waals surface area contributed by atoms with Gasteiger partial charge in [0.2, 0.25) is 11.5 Å². The van der Waals surface area contributed by atoms with E-state index in [4.69, 9.17) is 19.6 Å². The third-order valence-corrected chi connectivity index (χ3v) is 7.00. The number of ether oxygens (including phenoxy) is 3. The number of aromatic nitrogens is 4. The highest BCUT2D eigenvalue weighted by Crippen LogP contribution is 2.40. The van der Waals surface area contributed by atoms with Gasteiger partial charge in [0.05, 0.1) is 32.1 Å². The number of carbonyl (C=O) groups is 1. The smallest absolute Gasteiger partial charge is 0.242 e. The second-order valence-corrected chi connectivity index (χ2v) is 10.8. The zero-order valence-corrected chi connectivity index (χ0v) is 23.6. The molecule has 3 aromatic rings. The van der Waals surface area contributed by atoms with Crippen LogP contribution < -0.4 is 20.0 Å². The van der Waals surface area contributed by atoms with Crippen molar-refractivity contribution in [3.63, 3.8) is 0 Å². The first kappa shape index (κ1) is 27.6. The van der Waals surface area contributed by atoms with Gasteiger partial charge < -0.3 is 19.1 Å². The molecule has 3 heterocycles. The highest BCUT2D eigenvalue weighted by atomic mass is 16.5. The molecule has 38 heavy (non-hydrogen) atoms. The van der Waals surface area contributed by atoms with Gasteiger partial charge in [0.15, 0.2) is 11.4 Å². The minimum atomic E-state index is -0.244. The number of fused-ring (bicyclic) bond motifs is 1. The second-order valence-electron chi connectivity index (χ2n) is 10.8. The van der Waals surface area contributed by atoms with E-state index < -0.39 is 0 Å². The number of nitrogens with one attached hydrogen (secondary N) is 1. The van der Waals surface area contributed by atoms with Crippen molar-refractivity contribution < 1.29 is 19.0 Å². The number of carbonyl (C=O) groups excluding carboxylic acids is 1. The Labute approximate surface area is 224 Å². The fraction of sp³-hybridized carbons (Fsp3) is 0.571. The zero-order valence-electron chi connectivity index (χ0n) is 23.6. The Morgan fingerprint density at radius 1 is 1.13 bits per heavy atom. The molecule has 4 rings (SSSR count). The van der Waals surface area contributed by atoms with Gasteiger partial charge in [-0.2, -0.15) is 4.52 Å². The van der Waals surface area contributed by atoms with Gasteiger partial charge in [0, 0.05) is 35.8 Å². The van der Waals surface area contributed by atoms with Gasteiger partial charge in [0.1, 0.15) is 12.3 Å². The largest absolute Gasteiger partial charge is 0.494 e. The molecule has 1 fully saturated rings. The Hall–Kier alpha value is -3.40. The highest BCUT2D eigenvalue weighted by Gasteiger charge is 2.27. The van der Waals surface area contributed by atoms with Crippen LogP contribution in [0.2, 0.25) is 0 Å². The maximum Gasteiger partial charge on any atom is 0.242 e. The summed E-state index contributed by atoms with van der Waals surface area (Å²) in [7, 11) is 1.67. The Morgan fingerprint density at radius 3 is 2.42 bits per heavy atom. The minimum Gasteiger partial charge on any atom is -0.494 e. The number of hydrogen-bond acceptors (Lipinski definition) is 8. The molecule has 2 aromatic heterocycles. The highest BCUT2D eigenvalue weighted by molar-refractivity contribution is 5.97. The number of benzene rings is 1. The molecule has 0 spiro atoms. The van der Waals surface area contributed by atoms with E-state index in [2.05, 4.69) is 49.7 Å². The van der Waals surface area contributed by atoms with Crippen molar-refractivity contribution in [2.75, 3.05) is 38.3 Å². The molecule has 0 atom stereocenters. The molecular weight excluding hydrogens is 484 g/mol. The molecule has 1 aliphatic rings. The standard InChI is InChI=1S/C28H40N6O4/c1-8-20(9-2)38-24-14-18(3)26-31-33(27(29)34(26)30-24)17-23(35)19-15-21(28(4,5)6)25(36-7)22(16-19)32-10-12-37-13-11-32/h14-16,20,29H,8-13,17H2,1-7H3. The second kappa shape index (κ2) is 11.1. The van der Waals surface area contributed by atoms with E-state index in [9.17, 15) is 4.79 Å². The Morgan fingerprint density at radius 2 is 1.82 bits per heavy atom. The summed E-state index contributed by atoms with van der Waals surface area (Å²) in [5, 5.41) is 17.8. The fourth-order valence-electron chi connectivity index (χ4n) is 4.74. The fourth-order valence-corrected chi connectivity index (χ4v) is 4.74. The Bertz CT molecular complexity index is 1360. The minimum absolute atomic E-state index is 0.0180. The maximum atomic E-state index is 13.6. The first-order valence-corrected chi connectivity index (χ1v) is 13.3. The quantitative estimate of drug-likeness (QED) is 0.423. The van der Waals surface area contributed by atoms with Crippen molar-refractivity contribution in [3.05, 3.63) is 40.5 Å². The Kier molecular flexibility index (Phi) is 8.10. The molecule has 0 saturated carbocycles. The third-order valence-electron chi connectivity index (χ3n) is 7.00. The van der Waals surface area contributed by atoms with Crippen LogP contribution in [0.4, 0.5) is 5.69 Å². The number of morpholine rings is 1. The summed E-state index contributed by atoms with van der Waals surface area (Å²) < 4.78 is 20.3. The summed E-state index contributed by atoms with van der Waals surface area (Å²) in [4.78, 5) is 15.9. The lowest BCUT2D eigenvalue weighted by Gasteiger charge is -2.33. The summed E-state index contributed by atoms with van der Waals surface area (Å²) in [6.45, 7) is 15.0. The predicted molar refractivity (Wildman–Crippen MR) is 146 cm³/mol. The molecular formula is C28H40N6O4. The van der Waals surface area contributed by atoms with Crippen molar-refractivity contribution in [2.45, 2.75) is 72.4 Å². The van der Waals surface area contributed by atoms with Crippen molar-refractivity contribution in [1.82, 2.24) is 19.4 Å². The first-order chi connectivity index (χ1) is 18.1. The number of nitrogens with zero attached hydrogens (tertiary/aromatic N) is 5. The van der Waals surface area contributed by atoms with Crippen LogP contribution in [0.15, 0.2) is 18.2 Å². The monoisotopic (exact) mass is 524 g/mol. The zero-order chi connectivity index (χ0) is 27.6. The summed E-state index contributed by atoms with van der Waals surface area (Å²) in [5.41, 5.74) is 3.53. The number of anilines is 1. The van der Waals surface area contributed by atoms with Crippen molar-refractivity contribution in [1.29, 1.82) is 5.41 Å². The van der Waals surface area contributed by atoms with Crippen molar-refractivity contribution in [2.24, 2.45) is 0 Å². The molecule has 1 aromatic carbocycles.